The lowest BCUT2D eigenvalue weighted by Crippen LogP contribution is -2.28. The molecule has 0 saturated heterocycles. The van der Waals surface area contributed by atoms with E-state index in [9.17, 15) is 9.59 Å². The lowest BCUT2D eigenvalue weighted by molar-refractivity contribution is -0.117. The second-order valence-corrected chi connectivity index (χ2v) is 5.94. The fourth-order valence-corrected chi connectivity index (χ4v) is 2.64. The minimum Gasteiger partial charge on any atom is -0.325 e. The first-order valence-corrected chi connectivity index (χ1v) is 7.63. The van der Waals surface area contributed by atoms with Gasteiger partial charge in [0.25, 0.3) is 0 Å². The molecule has 0 fully saturated rings. The molecule has 0 unspecified atom stereocenters. The number of anilines is 1. The van der Waals surface area contributed by atoms with Crippen LogP contribution in [-0.2, 0) is 11.2 Å². The zero-order chi connectivity index (χ0) is 16.1. The van der Waals surface area contributed by atoms with Crippen molar-refractivity contribution >= 4 is 28.7 Å². The minimum atomic E-state index is -1.37. The SMILES string of the molecule is CCc1ccc(NC(=O)[C@@H](C#N)C(=O)c2cnc(C)s2)cc1. The van der Waals surface area contributed by atoms with E-state index in [1.807, 2.05) is 19.1 Å². The van der Waals surface area contributed by atoms with Gasteiger partial charge in [0.2, 0.25) is 11.7 Å². The standard InChI is InChI=1S/C16H15N3O2S/c1-3-11-4-6-12(7-5-11)19-16(21)13(8-17)15(20)14-9-18-10(2)22-14/h4-7,9,13H,3H2,1-2H3,(H,19,21)/t13-/m0/s1. The molecule has 0 saturated carbocycles. The average molecular weight is 313 g/mol. The Morgan fingerprint density at radius 3 is 2.55 bits per heavy atom. The Bertz CT molecular complexity index is 729. The van der Waals surface area contributed by atoms with Crippen molar-refractivity contribution in [2.45, 2.75) is 20.3 Å². The van der Waals surface area contributed by atoms with Crippen molar-refractivity contribution in [3.8, 4) is 6.07 Å². The highest BCUT2D eigenvalue weighted by Crippen LogP contribution is 2.18. The van der Waals surface area contributed by atoms with Crippen molar-refractivity contribution in [2.24, 2.45) is 5.92 Å². The van der Waals surface area contributed by atoms with Crippen LogP contribution in [0.1, 0.15) is 27.2 Å². The van der Waals surface area contributed by atoms with E-state index in [0.29, 0.717) is 10.6 Å². The largest absolute Gasteiger partial charge is 0.325 e. The summed E-state index contributed by atoms with van der Waals surface area (Å²) in [5.41, 5.74) is 1.71. The smallest absolute Gasteiger partial charge is 0.249 e. The molecule has 0 aliphatic heterocycles. The summed E-state index contributed by atoms with van der Waals surface area (Å²) in [4.78, 5) is 28.7. The average Bonchev–Trinajstić information content (AvgIpc) is 2.95. The third-order valence-electron chi connectivity index (χ3n) is 3.15. The van der Waals surface area contributed by atoms with Gasteiger partial charge in [0.05, 0.1) is 16.0 Å². The van der Waals surface area contributed by atoms with Gasteiger partial charge in [0.15, 0.2) is 5.92 Å². The molecule has 0 radical (unpaired) electrons. The third-order valence-corrected chi connectivity index (χ3v) is 4.07. The Hall–Kier alpha value is -2.52. The van der Waals surface area contributed by atoms with Crippen molar-refractivity contribution in [2.75, 3.05) is 5.32 Å². The molecule has 1 heterocycles. The van der Waals surface area contributed by atoms with Crippen LogP contribution in [-0.4, -0.2) is 16.7 Å². The maximum atomic E-state index is 12.2. The highest BCUT2D eigenvalue weighted by Gasteiger charge is 2.28. The molecule has 1 aromatic heterocycles. The second kappa shape index (κ2) is 6.96. The van der Waals surface area contributed by atoms with Crippen LogP contribution in [0.5, 0.6) is 0 Å². The van der Waals surface area contributed by atoms with Gasteiger partial charge in [0, 0.05) is 11.9 Å². The molecule has 0 bridgehead atoms. The minimum absolute atomic E-state index is 0.320. The van der Waals surface area contributed by atoms with Crippen LogP contribution in [0.25, 0.3) is 0 Å². The van der Waals surface area contributed by atoms with Gasteiger partial charge in [-0.2, -0.15) is 5.26 Å². The monoisotopic (exact) mass is 313 g/mol. The second-order valence-electron chi connectivity index (χ2n) is 4.71. The number of Topliss-reactive ketones (excluding diaryl/α,β-unsaturated/α-hetero) is 1. The Balaban J connectivity index is 2.11. The molecule has 112 valence electrons. The van der Waals surface area contributed by atoms with E-state index in [0.717, 1.165) is 17.0 Å². The van der Waals surface area contributed by atoms with Crippen LogP contribution < -0.4 is 5.32 Å². The van der Waals surface area contributed by atoms with Crippen molar-refractivity contribution < 1.29 is 9.59 Å². The number of nitriles is 1. The number of ketones is 1. The number of aromatic nitrogens is 1. The zero-order valence-corrected chi connectivity index (χ0v) is 13.1. The highest BCUT2D eigenvalue weighted by molar-refractivity contribution is 7.13. The first-order chi connectivity index (χ1) is 10.5. The molecular formula is C16H15N3O2S. The molecule has 0 aliphatic carbocycles. The summed E-state index contributed by atoms with van der Waals surface area (Å²) < 4.78 is 0. The van der Waals surface area contributed by atoms with Gasteiger partial charge in [-0.25, -0.2) is 4.98 Å². The summed E-state index contributed by atoms with van der Waals surface area (Å²) in [5, 5.41) is 12.5. The first-order valence-electron chi connectivity index (χ1n) is 6.81. The van der Waals surface area contributed by atoms with Gasteiger partial charge in [-0.05, 0) is 31.0 Å². The van der Waals surface area contributed by atoms with Crippen LogP contribution in [0.3, 0.4) is 0 Å². The van der Waals surface area contributed by atoms with Crippen LogP contribution in [0.4, 0.5) is 5.69 Å². The zero-order valence-electron chi connectivity index (χ0n) is 12.3. The number of carbonyl (C=O) groups is 2. The van der Waals surface area contributed by atoms with Crippen LogP contribution >= 0.6 is 11.3 Å². The summed E-state index contributed by atoms with van der Waals surface area (Å²) in [6, 6.07) is 9.07. The maximum absolute atomic E-state index is 12.2. The number of hydrogen-bond acceptors (Lipinski definition) is 5. The van der Waals surface area contributed by atoms with Crippen molar-refractivity contribution in [3.05, 3.63) is 45.9 Å². The molecule has 2 aromatic rings. The number of aryl methyl sites for hydroxylation is 2. The molecular weight excluding hydrogens is 298 g/mol. The van der Waals surface area contributed by atoms with E-state index in [4.69, 9.17) is 5.26 Å². The lowest BCUT2D eigenvalue weighted by atomic mass is 10.0. The van der Waals surface area contributed by atoms with Gasteiger partial charge < -0.3 is 5.32 Å². The molecule has 6 heteroatoms. The van der Waals surface area contributed by atoms with Crippen molar-refractivity contribution in [1.82, 2.24) is 4.98 Å². The van der Waals surface area contributed by atoms with Gasteiger partial charge in [0.1, 0.15) is 0 Å². The number of benzene rings is 1. The Morgan fingerprint density at radius 2 is 2.05 bits per heavy atom. The summed E-state index contributed by atoms with van der Waals surface area (Å²) >= 11 is 1.18. The normalized spacial score (nSPS) is 11.5. The number of hydrogen-bond donors (Lipinski definition) is 1. The Kier molecular flexibility index (Phi) is 5.02. The third kappa shape index (κ3) is 3.57. The van der Waals surface area contributed by atoms with E-state index in [-0.39, 0.29) is 0 Å². The van der Waals surface area contributed by atoms with Gasteiger partial charge in [-0.15, -0.1) is 11.3 Å². The summed E-state index contributed by atoms with van der Waals surface area (Å²) in [6.07, 6.45) is 2.30. The van der Waals surface area contributed by atoms with E-state index >= 15 is 0 Å². The van der Waals surface area contributed by atoms with Gasteiger partial charge >= 0.3 is 0 Å². The number of thiazole rings is 1. The van der Waals surface area contributed by atoms with Crippen LogP contribution in [0.15, 0.2) is 30.5 Å². The van der Waals surface area contributed by atoms with Crippen LogP contribution in [0, 0.1) is 24.2 Å². The molecule has 5 nitrogen and oxygen atoms in total. The fraction of sp³-hybridized carbons (Fsp3) is 0.250. The Morgan fingerprint density at radius 1 is 1.36 bits per heavy atom. The summed E-state index contributed by atoms with van der Waals surface area (Å²) in [6.45, 7) is 3.80. The predicted molar refractivity (Wildman–Crippen MR) is 84.7 cm³/mol. The number of rotatable bonds is 5. The van der Waals surface area contributed by atoms with Crippen molar-refractivity contribution in [1.29, 1.82) is 5.26 Å². The van der Waals surface area contributed by atoms with Crippen molar-refractivity contribution in [3.63, 3.8) is 0 Å². The Labute approximate surface area is 132 Å². The molecule has 1 amide bonds. The molecule has 0 spiro atoms. The van der Waals surface area contributed by atoms with Gasteiger partial charge in [-0.1, -0.05) is 19.1 Å². The summed E-state index contributed by atoms with van der Waals surface area (Å²) in [5.74, 6) is -2.51. The fourth-order valence-electron chi connectivity index (χ4n) is 1.89. The molecule has 1 aromatic carbocycles. The maximum Gasteiger partial charge on any atom is 0.249 e. The number of amides is 1. The first kappa shape index (κ1) is 15.9. The highest BCUT2D eigenvalue weighted by atomic mass is 32.1. The molecule has 2 rings (SSSR count). The molecule has 0 aliphatic rings. The van der Waals surface area contributed by atoms with E-state index in [1.165, 1.54) is 17.5 Å². The number of carbonyl (C=O) groups excluding carboxylic acids is 2. The molecule has 1 N–H and O–H groups in total. The summed E-state index contributed by atoms with van der Waals surface area (Å²) in [7, 11) is 0. The topological polar surface area (TPSA) is 82.9 Å². The lowest BCUT2D eigenvalue weighted by Gasteiger charge is -2.09. The molecule has 22 heavy (non-hydrogen) atoms. The quantitative estimate of drug-likeness (QED) is 0.679. The van der Waals surface area contributed by atoms with E-state index in [1.54, 1.807) is 25.1 Å². The predicted octanol–water partition coefficient (Wildman–Crippen LogP) is 2.98. The molecule has 1 atom stereocenters. The number of nitrogens with one attached hydrogen (secondary N) is 1. The van der Waals surface area contributed by atoms with Gasteiger partial charge in [-0.3, -0.25) is 9.59 Å². The number of nitrogens with zero attached hydrogens (tertiary/aromatic N) is 2. The van der Waals surface area contributed by atoms with E-state index < -0.39 is 17.6 Å². The van der Waals surface area contributed by atoms with E-state index in [2.05, 4.69) is 10.3 Å². The van der Waals surface area contributed by atoms with Crippen LogP contribution in [0.2, 0.25) is 0 Å².